The van der Waals surface area contributed by atoms with Crippen molar-refractivity contribution in [2.75, 3.05) is 0 Å². The standard InChI is InChI=1S/C9H18N2O/c10-8(9(11)12)6-7-4-2-1-3-5-7/h7-8H,1-6,10H2,(H2,11,12)/t8-/m1/s1. The predicted octanol–water partition coefficient (Wildman–Crippen LogP) is 0.769. The van der Waals surface area contributed by atoms with Crippen LogP contribution >= 0.6 is 0 Å². The Hall–Kier alpha value is -0.570. The van der Waals surface area contributed by atoms with Gasteiger partial charge in [-0.1, -0.05) is 32.1 Å². The SMILES string of the molecule is NC(=O)[C@H](N)CC1CCCCC1. The smallest absolute Gasteiger partial charge is 0.234 e. The van der Waals surface area contributed by atoms with Crippen LogP contribution in [-0.4, -0.2) is 11.9 Å². The van der Waals surface area contributed by atoms with Gasteiger partial charge in [-0.15, -0.1) is 0 Å². The van der Waals surface area contributed by atoms with Gasteiger partial charge in [-0.2, -0.15) is 0 Å². The molecular weight excluding hydrogens is 152 g/mol. The van der Waals surface area contributed by atoms with Crippen molar-refractivity contribution in [1.82, 2.24) is 0 Å². The topological polar surface area (TPSA) is 69.1 Å². The quantitative estimate of drug-likeness (QED) is 0.656. The second-order valence-electron chi connectivity index (χ2n) is 3.75. The van der Waals surface area contributed by atoms with Crippen LogP contribution < -0.4 is 11.5 Å². The molecule has 0 heterocycles. The lowest BCUT2D eigenvalue weighted by Crippen LogP contribution is -2.38. The average molecular weight is 170 g/mol. The summed E-state index contributed by atoms with van der Waals surface area (Å²) in [5, 5.41) is 0. The number of nitrogens with two attached hydrogens (primary N) is 2. The van der Waals surface area contributed by atoms with Crippen molar-refractivity contribution in [1.29, 1.82) is 0 Å². The van der Waals surface area contributed by atoms with Gasteiger partial charge in [0.05, 0.1) is 6.04 Å². The van der Waals surface area contributed by atoms with Gasteiger partial charge in [-0.3, -0.25) is 4.79 Å². The lowest BCUT2D eigenvalue weighted by molar-refractivity contribution is -0.119. The number of carbonyl (C=O) groups excluding carboxylic acids is 1. The third-order valence-electron chi connectivity index (χ3n) is 2.68. The fourth-order valence-electron chi connectivity index (χ4n) is 1.90. The first-order valence-electron chi connectivity index (χ1n) is 4.75. The lowest BCUT2D eigenvalue weighted by Gasteiger charge is -2.23. The minimum atomic E-state index is -0.423. The van der Waals surface area contributed by atoms with Crippen LogP contribution in [0.5, 0.6) is 0 Å². The molecule has 0 unspecified atom stereocenters. The Bertz CT molecular complexity index is 153. The normalized spacial score (nSPS) is 22.1. The van der Waals surface area contributed by atoms with E-state index >= 15 is 0 Å². The van der Waals surface area contributed by atoms with Gasteiger partial charge in [-0.25, -0.2) is 0 Å². The van der Waals surface area contributed by atoms with Gasteiger partial charge in [0.25, 0.3) is 0 Å². The average Bonchev–Trinajstić information content (AvgIpc) is 2.06. The first kappa shape index (κ1) is 9.52. The summed E-state index contributed by atoms with van der Waals surface area (Å²) < 4.78 is 0. The molecule has 1 aliphatic rings. The molecule has 1 aliphatic carbocycles. The zero-order valence-corrected chi connectivity index (χ0v) is 7.46. The molecule has 0 bridgehead atoms. The van der Waals surface area contributed by atoms with Crippen LogP contribution in [0, 0.1) is 5.92 Å². The highest BCUT2D eigenvalue weighted by Crippen LogP contribution is 2.26. The molecule has 0 saturated heterocycles. The number of hydrogen-bond acceptors (Lipinski definition) is 2. The molecule has 0 aromatic heterocycles. The fourth-order valence-corrected chi connectivity index (χ4v) is 1.90. The number of carbonyl (C=O) groups is 1. The molecule has 0 spiro atoms. The van der Waals surface area contributed by atoms with Crippen LogP contribution in [0.3, 0.4) is 0 Å². The molecule has 3 nitrogen and oxygen atoms in total. The van der Waals surface area contributed by atoms with Crippen molar-refractivity contribution in [3.05, 3.63) is 0 Å². The highest BCUT2D eigenvalue weighted by molar-refractivity contribution is 5.79. The van der Waals surface area contributed by atoms with E-state index in [9.17, 15) is 4.79 Å². The minimum Gasteiger partial charge on any atom is -0.368 e. The van der Waals surface area contributed by atoms with E-state index in [1.807, 2.05) is 0 Å². The van der Waals surface area contributed by atoms with Crippen molar-refractivity contribution >= 4 is 5.91 Å². The van der Waals surface area contributed by atoms with Gasteiger partial charge in [0.1, 0.15) is 0 Å². The van der Waals surface area contributed by atoms with Crippen LogP contribution in [-0.2, 0) is 4.79 Å². The second kappa shape index (κ2) is 4.45. The molecule has 4 N–H and O–H groups in total. The van der Waals surface area contributed by atoms with E-state index in [0.717, 1.165) is 6.42 Å². The van der Waals surface area contributed by atoms with Crippen molar-refractivity contribution in [2.45, 2.75) is 44.6 Å². The summed E-state index contributed by atoms with van der Waals surface area (Å²) in [4.78, 5) is 10.7. The van der Waals surface area contributed by atoms with Gasteiger partial charge in [-0.05, 0) is 12.3 Å². The van der Waals surface area contributed by atoms with Crippen LogP contribution in [0.4, 0.5) is 0 Å². The van der Waals surface area contributed by atoms with E-state index in [1.54, 1.807) is 0 Å². The molecule has 1 saturated carbocycles. The molecule has 0 aliphatic heterocycles. The summed E-state index contributed by atoms with van der Waals surface area (Å²) in [7, 11) is 0. The van der Waals surface area contributed by atoms with Crippen molar-refractivity contribution < 1.29 is 4.79 Å². The maximum absolute atomic E-state index is 10.7. The molecule has 0 aromatic carbocycles. The molecule has 1 atom stereocenters. The van der Waals surface area contributed by atoms with Crippen LogP contribution in [0.25, 0.3) is 0 Å². The van der Waals surface area contributed by atoms with E-state index in [2.05, 4.69) is 0 Å². The Morgan fingerprint density at radius 3 is 2.42 bits per heavy atom. The van der Waals surface area contributed by atoms with Crippen molar-refractivity contribution in [3.63, 3.8) is 0 Å². The molecular formula is C9H18N2O. The van der Waals surface area contributed by atoms with E-state index in [-0.39, 0.29) is 5.91 Å². The fraction of sp³-hybridized carbons (Fsp3) is 0.889. The van der Waals surface area contributed by atoms with Gasteiger partial charge >= 0.3 is 0 Å². The highest BCUT2D eigenvalue weighted by Gasteiger charge is 2.19. The molecule has 1 amide bonds. The molecule has 0 aromatic rings. The summed E-state index contributed by atoms with van der Waals surface area (Å²) >= 11 is 0. The van der Waals surface area contributed by atoms with Gasteiger partial charge < -0.3 is 11.5 Å². The minimum absolute atomic E-state index is 0.361. The Labute approximate surface area is 73.5 Å². The number of amides is 1. The highest BCUT2D eigenvalue weighted by atomic mass is 16.1. The summed E-state index contributed by atoms with van der Waals surface area (Å²) in [5.74, 6) is 0.279. The van der Waals surface area contributed by atoms with Crippen LogP contribution in [0.2, 0.25) is 0 Å². The molecule has 0 radical (unpaired) electrons. The largest absolute Gasteiger partial charge is 0.368 e. The van der Waals surface area contributed by atoms with Crippen LogP contribution in [0.15, 0.2) is 0 Å². The Morgan fingerprint density at radius 1 is 1.33 bits per heavy atom. The zero-order chi connectivity index (χ0) is 8.97. The second-order valence-corrected chi connectivity index (χ2v) is 3.75. The monoisotopic (exact) mass is 170 g/mol. The predicted molar refractivity (Wildman–Crippen MR) is 48.4 cm³/mol. The molecule has 3 heteroatoms. The third-order valence-corrected chi connectivity index (χ3v) is 2.68. The van der Waals surface area contributed by atoms with Gasteiger partial charge in [0, 0.05) is 0 Å². The summed E-state index contributed by atoms with van der Waals surface area (Å²) in [6.45, 7) is 0. The molecule has 70 valence electrons. The summed E-state index contributed by atoms with van der Waals surface area (Å²) in [5.41, 5.74) is 10.7. The van der Waals surface area contributed by atoms with Gasteiger partial charge in [0.2, 0.25) is 5.91 Å². The van der Waals surface area contributed by atoms with E-state index in [1.165, 1.54) is 32.1 Å². The van der Waals surface area contributed by atoms with Crippen molar-refractivity contribution in [3.8, 4) is 0 Å². The zero-order valence-electron chi connectivity index (χ0n) is 7.46. The number of primary amides is 1. The van der Waals surface area contributed by atoms with E-state index in [0.29, 0.717) is 5.92 Å². The maximum atomic E-state index is 10.7. The maximum Gasteiger partial charge on any atom is 0.234 e. The van der Waals surface area contributed by atoms with E-state index in [4.69, 9.17) is 11.5 Å². The Morgan fingerprint density at radius 2 is 1.92 bits per heavy atom. The van der Waals surface area contributed by atoms with E-state index < -0.39 is 6.04 Å². The van der Waals surface area contributed by atoms with Crippen molar-refractivity contribution in [2.24, 2.45) is 17.4 Å². The Kier molecular flexibility index (Phi) is 3.53. The first-order valence-corrected chi connectivity index (χ1v) is 4.75. The lowest BCUT2D eigenvalue weighted by atomic mass is 9.85. The third kappa shape index (κ3) is 2.81. The van der Waals surface area contributed by atoms with Crippen LogP contribution in [0.1, 0.15) is 38.5 Å². The molecule has 12 heavy (non-hydrogen) atoms. The summed E-state index contributed by atoms with van der Waals surface area (Å²) in [6, 6.07) is -0.423. The first-order chi connectivity index (χ1) is 5.70. The Balaban J connectivity index is 2.24. The number of hydrogen-bond donors (Lipinski definition) is 2. The summed E-state index contributed by atoms with van der Waals surface area (Å²) in [6.07, 6.45) is 7.14. The molecule has 1 rings (SSSR count). The molecule has 1 fully saturated rings. The van der Waals surface area contributed by atoms with Gasteiger partial charge in [0.15, 0.2) is 0 Å². The number of rotatable bonds is 3.